The van der Waals surface area contributed by atoms with E-state index in [1.54, 1.807) is 0 Å². The molecule has 1 aromatic heterocycles. The number of para-hydroxylation sites is 1. The summed E-state index contributed by atoms with van der Waals surface area (Å²) in [6.45, 7) is 9.58. The number of nitrogens with one attached hydrogen (secondary N) is 2. The summed E-state index contributed by atoms with van der Waals surface area (Å²) >= 11 is 0. The van der Waals surface area contributed by atoms with Crippen molar-refractivity contribution in [1.29, 1.82) is 0 Å². The number of hydrogen-bond acceptors (Lipinski definition) is 4. The van der Waals surface area contributed by atoms with Gasteiger partial charge in [0.1, 0.15) is 11.6 Å². The summed E-state index contributed by atoms with van der Waals surface area (Å²) < 4.78 is 7.85. The Labute approximate surface area is 173 Å². The van der Waals surface area contributed by atoms with E-state index in [9.17, 15) is 0 Å². The van der Waals surface area contributed by atoms with Crippen LogP contribution in [0.3, 0.4) is 0 Å². The van der Waals surface area contributed by atoms with Crippen molar-refractivity contribution in [2.45, 2.75) is 64.5 Å². The Hall–Kier alpha value is -2.57. The first kappa shape index (κ1) is 19.7. The average molecular weight is 397 g/mol. The van der Waals surface area contributed by atoms with Gasteiger partial charge in [-0.2, -0.15) is 5.10 Å². The third kappa shape index (κ3) is 4.54. The summed E-state index contributed by atoms with van der Waals surface area (Å²) in [5.41, 5.74) is 1.27. The highest BCUT2D eigenvalue weighted by atomic mass is 16.5. The Balaban J connectivity index is 1.42. The smallest absolute Gasteiger partial charge is 0.191 e. The van der Waals surface area contributed by atoms with Crippen LogP contribution in [-0.4, -0.2) is 46.5 Å². The lowest BCUT2D eigenvalue weighted by molar-refractivity contribution is 0.269. The Morgan fingerprint density at radius 2 is 2.17 bits per heavy atom. The van der Waals surface area contributed by atoms with Crippen LogP contribution in [0.25, 0.3) is 0 Å². The first-order valence-corrected chi connectivity index (χ1v) is 10.8. The van der Waals surface area contributed by atoms with Gasteiger partial charge in [-0.05, 0) is 31.4 Å². The molecule has 2 aliphatic heterocycles. The monoisotopic (exact) mass is 396 g/mol. The summed E-state index contributed by atoms with van der Waals surface area (Å²) in [4.78, 5) is 9.60. The van der Waals surface area contributed by atoms with Gasteiger partial charge < -0.3 is 15.4 Å². The van der Waals surface area contributed by atoms with E-state index in [0.29, 0.717) is 17.9 Å². The molecule has 7 heteroatoms. The molecule has 0 spiro atoms. The van der Waals surface area contributed by atoms with Crippen molar-refractivity contribution in [3.05, 3.63) is 41.5 Å². The summed E-state index contributed by atoms with van der Waals surface area (Å²) in [7, 11) is 0. The number of ether oxygens (including phenoxy) is 1. The zero-order valence-corrected chi connectivity index (χ0v) is 17.7. The van der Waals surface area contributed by atoms with E-state index in [0.717, 1.165) is 68.9 Å². The first-order valence-electron chi connectivity index (χ1n) is 10.8. The van der Waals surface area contributed by atoms with Crippen molar-refractivity contribution in [2.24, 2.45) is 4.99 Å². The predicted octanol–water partition coefficient (Wildman–Crippen LogP) is 2.84. The van der Waals surface area contributed by atoms with E-state index in [4.69, 9.17) is 9.73 Å². The molecule has 29 heavy (non-hydrogen) atoms. The number of nitrogens with zero attached hydrogens (tertiary/aromatic N) is 4. The fraction of sp³-hybridized carbons (Fsp3) is 0.591. The van der Waals surface area contributed by atoms with Crippen LogP contribution < -0.4 is 15.4 Å². The summed E-state index contributed by atoms with van der Waals surface area (Å²) in [5, 5.41) is 11.7. The molecule has 2 aliphatic rings. The van der Waals surface area contributed by atoms with Gasteiger partial charge in [0.25, 0.3) is 0 Å². The van der Waals surface area contributed by atoms with Crippen molar-refractivity contribution >= 4 is 5.96 Å². The molecule has 4 rings (SSSR count). The van der Waals surface area contributed by atoms with Crippen molar-refractivity contribution in [2.75, 3.05) is 19.7 Å². The maximum atomic E-state index is 5.79. The number of guanidine groups is 1. The third-order valence-corrected chi connectivity index (χ3v) is 5.63. The SMILES string of the molecule is CCNC(=NCC1CCOc2ccccc21)NC1CCc2nc(C(C)C)nn2C1. The number of aryl methyl sites for hydroxylation is 1. The van der Waals surface area contributed by atoms with E-state index >= 15 is 0 Å². The van der Waals surface area contributed by atoms with E-state index in [1.165, 1.54) is 5.56 Å². The highest BCUT2D eigenvalue weighted by molar-refractivity contribution is 5.80. The van der Waals surface area contributed by atoms with Gasteiger partial charge in [-0.25, -0.2) is 9.67 Å². The molecule has 0 fully saturated rings. The standard InChI is InChI=1S/C22H32N6O/c1-4-23-22(24-13-16-11-12-29-19-8-6-5-7-18(16)19)25-17-9-10-20-26-21(15(2)3)27-28(20)14-17/h5-8,15-17H,4,9-14H2,1-3H3,(H2,23,24,25). The van der Waals surface area contributed by atoms with Crippen molar-refractivity contribution in [1.82, 2.24) is 25.4 Å². The van der Waals surface area contributed by atoms with E-state index in [-0.39, 0.29) is 0 Å². The Morgan fingerprint density at radius 1 is 1.31 bits per heavy atom. The van der Waals surface area contributed by atoms with E-state index in [2.05, 4.69) is 64.4 Å². The molecule has 7 nitrogen and oxygen atoms in total. The highest BCUT2D eigenvalue weighted by Crippen LogP contribution is 2.33. The minimum atomic E-state index is 0.309. The minimum Gasteiger partial charge on any atom is -0.493 e. The maximum absolute atomic E-state index is 5.79. The number of benzene rings is 1. The molecule has 0 aliphatic carbocycles. The minimum absolute atomic E-state index is 0.309. The molecule has 2 aromatic rings. The van der Waals surface area contributed by atoms with Gasteiger partial charge in [-0.3, -0.25) is 4.99 Å². The lowest BCUT2D eigenvalue weighted by Crippen LogP contribution is -2.47. The molecule has 1 aromatic carbocycles. The van der Waals surface area contributed by atoms with Crippen LogP contribution in [0.2, 0.25) is 0 Å². The molecular formula is C22H32N6O. The lowest BCUT2D eigenvalue weighted by atomic mass is 9.93. The number of rotatable bonds is 5. The largest absolute Gasteiger partial charge is 0.493 e. The second-order valence-corrected chi connectivity index (χ2v) is 8.19. The van der Waals surface area contributed by atoms with Crippen LogP contribution in [0.5, 0.6) is 5.75 Å². The number of aliphatic imine (C=N–C) groups is 1. The number of fused-ring (bicyclic) bond motifs is 2. The molecule has 0 bridgehead atoms. The zero-order chi connectivity index (χ0) is 20.2. The van der Waals surface area contributed by atoms with Crippen LogP contribution >= 0.6 is 0 Å². The molecule has 3 heterocycles. The Morgan fingerprint density at radius 3 is 3.00 bits per heavy atom. The van der Waals surface area contributed by atoms with Crippen LogP contribution in [0.15, 0.2) is 29.3 Å². The molecule has 0 radical (unpaired) electrons. The fourth-order valence-corrected chi connectivity index (χ4v) is 4.01. The number of hydrogen-bond donors (Lipinski definition) is 2. The van der Waals surface area contributed by atoms with E-state index < -0.39 is 0 Å². The van der Waals surface area contributed by atoms with E-state index in [1.807, 2.05) is 6.07 Å². The maximum Gasteiger partial charge on any atom is 0.191 e. The topological polar surface area (TPSA) is 76.4 Å². The Kier molecular flexibility index (Phi) is 6.02. The van der Waals surface area contributed by atoms with Gasteiger partial charge in [-0.15, -0.1) is 0 Å². The van der Waals surface area contributed by atoms with Crippen LogP contribution in [0, 0.1) is 0 Å². The fourth-order valence-electron chi connectivity index (χ4n) is 4.01. The van der Waals surface area contributed by atoms with Gasteiger partial charge in [0.05, 0.1) is 13.2 Å². The molecule has 2 N–H and O–H groups in total. The molecule has 2 atom stereocenters. The molecular weight excluding hydrogens is 364 g/mol. The molecule has 0 saturated heterocycles. The molecule has 0 amide bonds. The summed E-state index contributed by atoms with van der Waals surface area (Å²) in [6.07, 6.45) is 2.99. The van der Waals surface area contributed by atoms with Crippen LogP contribution in [0.4, 0.5) is 0 Å². The van der Waals surface area contributed by atoms with Crippen LogP contribution in [-0.2, 0) is 13.0 Å². The second kappa shape index (κ2) is 8.84. The quantitative estimate of drug-likeness (QED) is 0.600. The first-order chi connectivity index (χ1) is 14.1. The van der Waals surface area contributed by atoms with Gasteiger partial charge in [0, 0.05) is 37.4 Å². The highest BCUT2D eigenvalue weighted by Gasteiger charge is 2.24. The zero-order valence-electron chi connectivity index (χ0n) is 17.7. The average Bonchev–Trinajstić information content (AvgIpc) is 3.16. The van der Waals surface area contributed by atoms with Gasteiger partial charge in [0.2, 0.25) is 0 Å². The summed E-state index contributed by atoms with van der Waals surface area (Å²) in [5.74, 6) is 4.70. The second-order valence-electron chi connectivity index (χ2n) is 8.19. The van der Waals surface area contributed by atoms with Crippen molar-refractivity contribution in [3.63, 3.8) is 0 Å². The third-order valence-electron chi connectivity index (χ3n) is 5.63. The number of aromatic nitrogens is 3. The van der Waals surface area contributed by atoms with Gasteiger partial charge >= 0.3 is 0 Å². The van der Waals surface area contributed by atoms with Gasteiger partial charge in [-0.1, -0.05) is 32.0 Å². The van der Waals surface area contributed by atoms with Crippen LogP contribution in [0.1, 0.15) is 62.7 Å². The lowest BCUT2D eigenvalue weighted by Gasteiger charge is -2.27. The molecule has 0 saturated carbocycles. The molecule has 2 unspecified atom stereocenters. The Bertz CT molecular complexity index is 859. The normalized spacial score (nSPS) is 21.3. The summed E-state index contributed by atoms with van der Waals surface area (Å²) in [6, 6.07) is 8.63. The van der Waals surface area contributed by atoms with Crippen molar-refractivity contribution in [3.8, 4) is 5.75 Å². The van der Waals surface area contributed by atoms with Crippen molar-refractivity contribution < 1.29 is 4.74 Å². The van der Waals surface area contributed by atoms with Gasteiger partial charge in [0.15, 0.2) is 11.8 Å². The molecule has 156 valence electrons. The predicted molar refractivity (Wildman–Crippen MR) is 115 cm³/mol.